The maximum absolute atomic E-state index is 12.1. The molecule has 0 aliphatic heterocycles. The third-order valence-corrected chi connectivity index (χ3v) is 3.75. The van der Waals surface area contributed by atoms with Gasteiger partial charge in [-0.3, -0.25) is 4.79 Å². The third-order valence-electron chi connectivity index (χ3n) is 3.75. The van der Waals surface area contributed by atoms with Crippen molar-refractivity contribution in [1.82, 2.24) is 10.2 Å². The standard InChI is InChI=1S/C15H24N2O2/c1-5-17(13-6-7-13)15(18)9-16-11(3)14-8-10(2)19-12(14)4/h8,11,13,16H,5-7,9H2,1-4H3. The predicted molar refractivity (Wildman–Crippen MR) is 75.0 cm³/mol. The molecule has 1 aliphatic rings. The number of furan rings is 1. The molecule has 1 aromatic rings. The van der Waals surface area contributed by atoms with E-state index in [0.29, 0.717) is 12.6 Å². The first-order valence-corrected chi connectivity index (χ1v) is 7.12. The molecule has 4 nitrogen and oxygen atoms in total. The number of likely N-dealkylation sites (N-methyl/N-ethyl adjacent to an activating group) is 1. The lowest BCUT2D eigenvalue weighted by atomic mass is 10.1. The molecule has 1 saturated carbocycles. The van der Waals surface area contributed by atoms with Gasteiger partial charge in [0.05, 0.1) is 6.54 Å². The van der Waals surface area contributed by atoms with Crippen molar-refractivity contribution in [2.75, 3.05) is 13.1 Å². The monoisotopic (exact) mass is 264 g/mol. The normalized spacial score (nSPS) is 16.4. The van der Waals surface area contributed by atoms with Crippen LogP contribution in [0.15, 0.2) is 10.5 Å². The van der Waals surface area contributed by atoms with E-state index in [1.165, 1.54) is 0 Å². The van der Waals surface area contributed by atoms with E-state index in [9.17, 15) is 4.79 Å². The number of nitrogens with one attached hydrogen (secondary N) is 1. The van der Waals surface area contributed by atoms with Crippen molar-refractivity contribution in [3.63, 3.8) is 0 Å². The van der Waals surface area contributed by atoms with Gasteiger partial charge in [-0.25, -0.2) is 0 Å². The van der Waals surface area contributed by atoms with Gasteiger partial charge in [-0.15, -0.1) is 0 Å². The second-order valence-corrected chi connectivity index (χ2v) is 5.38. The average molecular weight is 264 g/mol. The van der Waals surface area contributed by atoms with Crippen LogP contribution in [0.3, 0.4) is 0 Å². The Morgan fingerprint density at radius 2 is 2.21 bits per heavy atom. The molecule has 1 atom stereocenters. The smallest absolute Gasteiger partial charge is 0.236 e. The highest BCUT2D eigenvalue weighted by atomic mass is 16.3. The van der Waals surface area contributed by atoms with Crippen molar-refractivity contribution >= 4 is 5.91 Å². The van der Waals surface area contributed by atoms with Crippen LogP contribution in [0.1, 0.15) is 49.8 Å². The summed E-state index contributed by atoms with van der Waals surface area (Å²) in [5.41, 5.74) is 1.14. The Labute approximate surface area is 115 Å². The number of carbonyl (C=O) groups excluding carboxylic acids is 1. The first-order chi connectivity index (χ1) is 9.02. The largest absolute Gasteiger partial charge is 0.466 e. The summed E-state index contributed by atoms with van der Waals surface area (Å²) in [6.07, 6.45) is 2.32. The van der Waals surface area contributed by atoms with Crippen LogP contribution >= 0.6 is 0 Å². The van der Waals surface area contributed by atoms with Gasteiger partial charge in [-0.1, -0.05) is 0 Å². The summed E-state index contributed by atoms with van der Waals surface area (Å²) in [7, 11) is 0. The summed E-state index contributed by atoms with van der Waals surface area (Å²) < 4.78 is 5.52. The van der Waals surface area contributed by atoms with Crippen molar-refractivity contribution in [3.8, 4) is 0 Å². The maximum atomic E-state index is 12.1. The van der Waals surface area contributed by atoms with Crippen molar-refractivity contribution in [3.05, 3.63) is 23.2 Å². The van der Waals surface area contributed by atoms with E-state index in [1.807, 2.05) is 31.7 Å². The third kappa shape index (κ3) is 3.38. The molecule has 1 N–H and O–H groups in total. The van der Waals surface area contributed by atoms with Crippen LogP contribution in [-0.4, -0.2) is 29.9 Å². The molecular weight excluding hydrogens is 240 g/mol. The summed E-state index contributed by atoms with van der Waals surface area (Å²) in [4.78, 5) is 14.1. The zero-order valence-electron chi connectivity index (χ0n) is 12.3. The molecule has 1 aromatic heterocycles. The SMILES string of the molecule is CCN(C(=O)CNC(C)c1cc(C)oc1C)C1CC1. The zero-order valence-corrected chi connectivity index (χ0v) is 12.3. The van der Waals surface area contributed by atoms with Gasteiger partial charge >= 0.3 is 0 Å². The number of nitrogens with zero attached hydrogens (tertiary/aromatic N) is 1. The molecule has 1 aliphatic carbocycles. The Hall–Kier alpha value is -1.29. The molecule has 0 radical (unpaired) electrons. The minimum atomic E-state index is 0.138. The minimum absolute atomic E-state index is 0.138. The van der Waals surface area contributed by atoms with Crippen LogP contribution < -0.4 is 5.32 Å². The van der Waals surface area contributed by atoms with Crippen molar-refractivity contribution in [2.24, 2.45) is 0 Å². The lowest BCUT2D eigenvalue weighted by molar-refractivity contribution is -0.130. The minimum Gasteiger partial charge on any atom is -0.466 e. The van der Waals surface area contributed by atoms with Crippen molar-refractivity contribution in [1.29, 1.82) is 0 Å². The summed E-state index contributed by atoms with van der Waals surface area (Å²) in [5, 5.41) is 3.30. The Morgan fingerprint density at radius 1 is 1.53 bits per heavy atom. The molecule has 106 valence electrons. The van der Waals surface area contributed by atoms with Crippen LogP contribution in [0.5, 0.6) is 0 Å². The van der Waals surface area contributed by atoms with E-state index >= 15 is 0 Å². The second-order valence-electron chi connectivity index (χ2n) is 5.38. The Kier molecular flexibility index (Phi) is 4.30. The van der Waals surface area contributed by atoms with Crippen LogP contribution in [0, 0.1) is 13.8 Å². The zero-order chi connectivity index (χ0) is 14.0. The van der Waals surface area contributed by atoms with Crippen molar-refractivity contribution in [2.45, 2.75) is 52.6 Å². The number of hydrogen-bond donors (Lipinski definition) is 1. The highest BCUT2D eigenvalue weighted by Gasteiger charge is 2.31. The lowest BCUT2D eigenvalue weighted by Gasteiger charge is -2.22. The topological polar surface area (TPSA) is 45.5 Å². The number of rotatable bonds is 6. The summed E-state index contributed by atoms with van der Waals surface area (Å²) in [5.74, 6) is 2.05. The fourth-order valence-electron chi connectivity index (χ4n) is 2.56. The van der Waals surface area contributed by atoms with Crippen LogP contribution in [0.4, 0.5) is 0 Å². The van der Waals surface area contributed by atoms with Crippen LogP contribution in [-0.2, 0) is 4.79 Å². The fourth-order valence-corrected chi connectivity index (χ4v) is 2.56. The van der Waals surface area contributed by atoms with E-state index in [-0.39, 0.29) is 11.9 Å². The van der Waals surface area contributed by atoms with Gasteiger partial charge in [0.1, 0.15) is 11.5 Å². The number of aryl methyl sites for hydroxylation is 2. The quantitative estimate of drug-likeness (QED) is 0.859. The summed E-state index contributed by atoms with van der Waals surface area (Å²) in [6, 6.07) is 2.67. The molecule has 0 saturated heterocycles. The Morgan fingerprint density at radius 3 is 2.68 bits per heavy atom. The molecule has 1 heterocycles. The molecule has 19 heavy (non-hydrogen) atoms. The van der Waals surface area contributed by atoms with Gasteiger partial charge in [-0.2, -0.15) is 0 Å². The molecule has 0 bridgehead atoms. The highest BCUT2D eigenvalue weighted by Crippen LogP contribution is 2.26. The second kappa shape index (κ2) is 5.78. The fraction of sp³-hybridized carbons (Fsp3) is 0.667. The molecule has 2 rings (SSSR count). The first-order valence-electron chi connectivity index (χ1n) is 7.12. The maximum Gasteiger partial charge on any atom is 0.236 e. The Balaban J connectivity index is 1.87. The number of hydrogen-bond acceptors (Lipinski definition) is 3. The van der Waals surface area contributed by atoms with Gasteiger partial charge in [0, 0.05) is 24.2 Å². The Bertz CT molecular complexity index is 449. The van der Waals surface area contributed by atoms with Crippen LogP contribution in [0.25, 0.3) is 0 Å². The first kappa shape index (κ1) is 14.1. The van der Waals surface area contributed by atoms with E-state index < -0.39 is 0 Å². The van der Waals surface area contributed by atoms with E-state index in [0.717, 1.165) is 36.5 Å². The van der Waals surface area contributed by atoms with Gasteiger partial charge in [0.2, 0.25) is 5.91 Å². The molecule has 0 aromatic carbocycles. The lowest BCUT2D eigenvalue weighted by Crippen LogP contribution is -2.40. The average Bonchev–Trinajstić information content (AvgIpc) is 3.12. The predicted octanol–water partition coefficient (Wildman–Crippen LogP) is 2.56. The van der Waals surface area contributed by atoms with E-state index in [4.69, 9.17) is 4.42 Å². The van der Waals surface area contributed by atoms with Gasteiger partial charge < -0.3 is 14.6 Å². The van der Waals surface area contributed by atoms with Crippen molar-refractivity contribution < 1.29 is 9.21 Å². The van der Waals surface area contributed by atoms with E-state index in [1.54, 1.807) is 0 Å². The molecule has 0 spiro atoms. The molecule has 1 amide bonds. The molecular formula is C15H24N2O2. The van der Waals surface area contributed by atoms with Gasteiger partial charge in [0.25, 0.3) is 0 Å². The summed E-state index contributed by atoms with van der Waals surface area (Å²) >= 11 is 0. The molecule has 1 unspecified atom stereocenters. The molecule has 1 fully saturated rings. The number of amides is 1. The van der Waals surface area contributed by atoms with Gasteiger partial charge in [0.15, 0.2) is 0 Å². The molecule has 4 heteroatoms. The highest BCUT2D eigenvalue weighted by molar-refractivity contribution is 5.79. The summed E-state index contributed by atoms with van der Waals surface area (Å²) in [6.45, 7) is 9.23. The number of carbonyl (C=O) groups is 1. The van der Waals surface area contributed by atoms with Crippen LogP contribution in [0.2, 0.25) is 0 Å². The van der Waals surface area contributed by atoms with E-state index in [2.05, 4.69) is 12.2 Å². The van der Waals surface area contributed by atoms with Gasteiger partial charge in [-0.05, 0) is 46.6 Å².